The second kappa shape index (κ2) is 5.19. The van der Waals surface area contributed by atoms with Crippen molar-refractivity contribution >= 4 is 39.3 Å². The van der Waals surface area contributed by atoms with Gasteiger partial charge in [-0.3, -0.25) is 4.99 Å². The lowest BCUT2D eigenvalue weighted by atomic mass is 10.1. The number of hydrogen-bond acceptors (Lipinski definition) is 2. The second-order valence-electron chi connectivity index (χ2n) is 4.22. The summed E-state index contributed by atoms with van der Waals surface area (Å²) in [5.41, 5.74) is 2.09. The number of rotatable bonds is 3. The van der Waals surface area contributed by atoms with Gasteiger partial charge in [-0.15, -0.1) is 0 Å². The smallest absolute Gasteiger partial charge is 0.0707 e. The van der Waals surface area contributed by atoms with Gasteiger partial charge in [0, 0.05) is 17.5 Å². The number of benzene rings is 2. The molecule has 17 heavy (non-hydrogen) atoms. The summed E-state index contributed by atoms with van der Waals surface area (Å²) in [7, 11) is 0. The Hall–Kier alpha value is -1.54. The molecule has 2 heteroatoms. The fraction of sp³-hybridized carbons (Fsp3) is 0.200. The molecule has 2 aromatic carbocycles. The Morgan fingerprint density at radius 1 is 1.06 bits per heavy atom. The molecule has 0 aliphatic heterocycles. The van der Waals surface area contributed by atoms with Gasteiger partial charge in [0.15, 0.2) is 0 Å². The third kappa shape index (κ3) is 2.98. The van der Waals surface area contributed by atoms with Crippen molar-refractivity contribution in [2.24, 2.45) is 4.99 Å². The zero-order valence-corrected chi connectivity index (χ0v) is 10.9. The first-order valence-corrected chi connectivity index (χ1v) is 6.09. The third-order valence-electron chi connectivity index (χ3n) is 2.58. The fourth-order valence-corrected chi connectivity index (χ4v) is 2.12. The Morgan fingerprint density at radius 2 is 1.76 bits per heavy atom. The van der Waals surface area contributed by atoms with Gasteiger partial charge in [-0.25, -0.2) is 0 Å². The molecule has 0 unspecified atom stereocenters. The minimum Gasteiger partial charge on any atom is -0.257 e. The molecule has 86 valence electrons. The summed E-state index contributed by atoms with van der Waals surface area (Å²) >= 11 is 5.10. The Morgan fingerprint density at radius 3 is 2.53 bits per heavy atom. The molecule has 0 spiro atoms. The van der Waals surface area contributed by atoms with Crippen molar-refractivity contribution in [3.63, 3.8) is 0 Å². The zero-order valence-electron chi connectivity index (χ0n) is 10.1. The first kappa shape index (κ1) is 11.9. The summed E-state index contributed by atoms with van der Waals surface area (Å²) < 4.78 is 0. The molecule has 2 rings (SSSR count). The molecular weight excluding hydrogens is 226 g/mol. The summed E-state index contributed by atoms with van der Waals surface area (Å²) in [6.07, 6.45) is 0.790. The van der Waals surface area contributed by atoms with E-state index in [2.05, 4.69) is 23.2 Å². The molecule has 0 fully saturated rings. The van der Waals surface area contributed by atoms with Gasteiger partial charge in [0.25, 0.3) is 0 Å². The topological polar surface area (TPSA) is 12.4 Å². The van der Waals surface area contributed by atoms with E-state index in [4.69, 9.17) is 12.2 Å². The van der Waals surface area contributed by atoms with E-state index in [1.165, 1.54) is 10.8 Å². The molecule has 0 amide bonds. The van der Waals surface area contributed by atoms with Gasteiger partial charge in [-0.2, -0.15) is 0 Å². The van der Waals surface area contributed by atoms with Crippen molar-refractivity contribution < 1.29 is 0 Å². The molecule has 0 bridgehead atoms. The van der Waals surface area contributed by atoms with Gasteiger partial charge < -0.3 is 0 Å². The summed E-state index contributed by atoms with van der Waals surface area (Å²) in [5.74, 6) is 0. The lowest BCUT2D eigenvalue weighted by molar-refractivity contribution is 1.44. The summed E-state index contributed by atoms with van der Waals surface area (Å²) in [5, 5.41) is 2.41. The fourth-order valence-electron chi connectivity index (χ4n) is 1.91. The normalized spacial score (nSPS) is 11.8. The van der Waals surface area contributed by atoms with Crippen molar-refractivity contribution in [2.75, 3.05) is 0 Å². The van der Waals surface area contributed by atoms with E-state index in [0.717, 1.165) is 22.7 Å². The van der Waals surface area contributed by atoms with Gasteiger partial charge >= 0.3 is 0 Å². The van der Waals surface area contributed by atoms with E-state index < -0.39 is 0 Å². The van der Waals surface area contributed by atoms with Crippen LogP contribution in [-0.4, -0.2) is 10.6 Å². The summed E-state index contributed by atoms with van der Waals surface area (Å²) in [4.78, 5) is 5.63. The monoisotopic (exact) mass is 241 g/mol. The van der Waals surface area contributed by atoms with Crippen molar-refractivity contribution in [1.82, 2.24) is 0 Å². The van der Waals surface area contributed by atoms with Gasteiger partial charge in [-0.1, -0.05) is 48.6 Å². The molecule has 0 atom stereocenters. The Kier molecular flexibility index (Phi) is 3.64. The van der Waals surface area contributed by atoms with Crippen LogP contribution in [-0.2, 0) is 0 Å². The van der Waals surface area contributed by atoms with Crippen LogP contribution in [0.4, 0.5) is 5.69 Å². The van der Waals surface area contributed by atoms with Crippen molar-refractivity contribution in [3.05, 3.63) is 42.5 Å². The molecule has 0 saturated heterocycles. The minimum atomic E-state index is 0.790. The van der Waals surface area contributed by atoms with Crippen LogP contribution in [0.2, 0.25) is 0 Å². The number of nitrogens with zero attached hydrogens (tertiary/aromatic N) is 1. The van der Waals surface area contributed by atoms with Crippen molar-refractivity contribution in [3.8, 4) is 0 Å². The molecule has 0 aliphatic carbocycles. The second-order valence-corrected chi connectivity index (χ2v) is 4.92. The Balaban J connectivity index is 2.45. The lowest BCUT2D eigenvalue weighted by Crippen LogP contribution is -1.97. The van der Waals surface area contributed by atoms with Crippen molar-refractivity contribution in [2.45, 2.75) is 20.3 Å². The Bertz CT molecular complexity index is 579. The molecule has 0 radical (unpaired) electrons. The average Bonchev–Trinajstić information content (AvgIpc) is 2.28. The number of hydrogen-bond donors (Lipinski definition) is 0. The van der Waals surface area contributed by atoms with Crippen LogP contribution in [0.25, 0.3) is 10.8 Å². The maximum Gasteiger partial charge on any atom is 0.0707 e. The highest BCUT2D eigenvalue weighted by Crippen LogP contribution is 2.25. The van der Waals surface area contributed by atoms with Crippen LogP contribution in [0.5, 0.6) is 0 Å². The first-order chi connectivity index (χ1) is 8.16. The molecule has 1 nitrogen and oxygen atoms in total. The number of aliphatic imine (C=N–C) groups is 1. The highest BCUT2D eigenvalue weighted by molar-refractivity contribution is 7.80. The van der Waals surface area contributed by atoms with Crippen LogP contribution >= 0.6 is 12.2 Å². The first-order valence-electron chi connectivity index (χ1n) is 5.68. The standard InChI is InChI=1S/C15H15NS/c1-11(10-12(2)17)16-15-9-5-7-13-6-3-4-8-14(13)15/h3-9H,10H2,1-2H3. The van der Waals surface area contributed by atoms with E-state index in [1.54, 1.807) is 0 Å². The molecule has 0 aliphatic rings. The summed E-state index contributed by atoms with van der Waals surface area (Å²) in [6, 6.07) is 14.5. The Labute approximate surface area is 107 Å². The molecule has 0 aromatic heterocycles. The van der Waals surface area contributed by atoms with E-state index in [0.29, 0.717) is 0 Å². The summed E-state index contributed by atoms with van der Waals surface area (Å²) in [6.45, 7) is 3.98. The van der Waals surface area contributed by atoms with E-state index >= 15 is 0 Å². The SMILES string of the molecule is CC(=S)CC(C)=Nc1cccc2ccccc12. The average molecular weight is 241 g/mol. The number of thiocarbonyl (C=S) groups is 1. The van der Waals surface area contributed by atoms with Crippen LogP contribution in [0.15, 0.2) is 47.5 Å². The van der Waals surface area contributed by atoms with Gasteiger partial charge in [-0.05, 0) is 30.2 Å². The predicted molar refractivity (Wildman–Crippen MR) is 79.6 cm³/mol. The van der Waals surface area contributed by atoms with Crippen LogP contribution in [0, 0.1) is 0 Å². The van der Waals surface area contributed by atoms with Gasteiger partial charge in [0.1, 0.15) is 0 Å². The third-order valence-corrected chi connectivity index (χ3v) is 2.73. The van der Waals surface area contributed by atoms with Gasteiger partial charge in [0.2, 0.25) is 0 Å². The largest absolute Gasteiger partial charge is 0.257 e. The van der Waals surface area contributed by atoms with Crippen LogP contribution in [0.1, 0.15) is 20.3 Å². The zero-order chi connectivity index (χ0) is 12.3. The van der Waals surface area contributed by atoms with E-state index in [9.17, 15) is 0 Å². The maximum atomic E-state index is 5.10. The molecule has 0 heterocycles. The highest BCUT2D eigenvalue weighted by atomic mass is 32.1. The van der Waals surface area contributed by atoms with Crippen LogP contribution in [0.3, 0.4) is 0 Å². The predicted octanol–water partition coefficient (Wildman–Crippen LogP) is 4.71. The molecule has 2 aromatic rings. The van der Waals surface area contributed by atoms with Crippen molar-refractivity contribution in [1.29, 1.82) is 0 Å². The minimum absolute atomic E-state index is 0.790. The maximum absolute atomic E-state index is 5.10. The van der Waals surface area contributed by atoms with Gasteiger partial charge in [0.05, 0.1) is 5.69 Å². The molecule has 0 N–H and O–H groups in total. The van der Waals surface area contributed by atoms with E-state index in [1.807, 2.05) is 38.1 Å². The van der Waals surface area contributed by atoms with Crippen LogP contribution < -0.4 is 0 Å². The van der Waals surface area contributed by atoms with E-state index in [-0.39, 0.29) is 0 Å². The molecule has 0 saturated carbocycles. The highest BCUT2D eigenvalue weighted by Gasteiger charge is 2.00. The quantitative estimate of drug-likeness (QED) is 0.560. The lowest BCUT2D eigenvalue weighted by Gasteiger charge is -2.03. The molecular formula is C15H15NS. The number of fused-ring (bicyclic) bond motifs is 1.